The van der Waals surface area contributed by atoms with E-state index in [0.29, 0.717) is 16.9 Å². The second kappa shape index (κ2) is 5.23. The van der Waals surface area contributed by atoms with Gasteiger partial charge in [-0.2, -0.15) is 0 Å². The van der Waals surface area contributed by atoms with Crippen LogP contribution in [0.1, 0.15) is 15.9 Å². The van der Waals surface area contributed by atoms with Crippen molar-refractivity contribution in [3.63, 3.8) is 0 Å². The maximum absolute atomic E-state index is 11.7. The second-order valence-corrected chi connectivity index (χ2v) is 3.95. The summed E-state index contributed by atoms with van der Waals surface area (Å²) in [6, 6.07) is 13.9. The summed E-state index contributed by atoms with van der Waals surface area (Å²) >= 11 is 0. The van der Waals surface area contributed by atoms with E-state index in [0.717, 1.165) is 5.56 Å². The van der Waals surface area contributed by atoms with E-state index >= 15 is 0 Å². The molecule has 0 saturated heterocycles. The molecule has 0 aliphatic heterocycles. The van der Waals surface area contributed by atoms with Crippen LogP contribution in [0.4, 0.5) is 11.4 Å². The van der Waals surface area contributed by atoms with Gasteiger partial charge in [-0.1, -0.05) is 18.2 Å². The number of nitrogens with two attached hydrogens (primary N) is 2. The zero-order chi connectivity index (χ0) is 13.0. The second-order valence-electron chi connectivity index (χ2n) is 3.95. The van der Waals surface area contributed by atoms with Gasteiger partial charge in [-0.15, -0.1) is 0 Å². The number of hydrogen-bond acceptors (Lipinski definition) is 4. The van der Waals surface area contributed by atoms with Gasteiger partial charge in [0.2, 0.25) is 0 Å². The number of nitrogen functional groups attached to an aromatic ring is 2. The summed E-state index contributed by atoms with van der Waals surface area (Å²) in [7, 11) is 0. The first-order valence-electron chi connectivity index (χ1n) is 5.52. The summed E-state index contributed by atoms with van der Waals surface area (Å²) in [6.07, 6.45) is 0. The third kappa shape index (κ3) is 3.01. The first-order valence-corrected chi connectivity index (χ1v) is 5.52. The van der Waals surface area contributed by atoms with Gasteiger partial charge in [-0.05, 0) is 35.9 Å². The number of esters is 1. The molecule has 0 unspecified atom stereocenters. The van der Waals surface area contributed by atoms with Crippen molar-refractivity contribution in [3.05, 3.63) is 59.7 Å². The smallest absolute Gasteiger partial charge is 0.338 e. The van der Waals surface area contributed by atoms with Crippen molar-refractivity contribution in [1.82, 2.24) is 0 Å². The quantitative estimate of drug-likeness (QED) is 0.639. The van der Waals surface area contributed by atoms with Crippen molar-refractivity contribution < 1.29 is 9.53 Å². The van der Waals surface area contributed by atoms with E-state index in [-0.39, 0.29) is 12.6 Å². The van der Waals surface area contributed by atoms with Gasteiger partial charge in [-0.3, -0.25) is 0 Å². The summed E-state index contributed by atoms with van der Waals surface area (Å²) < 4.78 is 5.17. The van der Waals surface area contributed by atoms with Crippen molar-refractivity contribution in [2.75, 3.05) is 11.5 Å². The molecule has 0 aliphatic carbocycles. The molecule has 0 heterocycles. The monoisotopic (exact) mass is 242 g/mol. The average molecular weight is 242 g/mol. The standard InChI is InChI=1S/C14H14N2O2/c15-12-6-10(7-13(16)8-12)9-18-14(17)11-4-2-1-3-5-11/h1-8H,9,15-16H2. The molecule has 4 N–H and O–H groups in total. The van der Waals surface area contributed by atoms with E-state index in [1.807, 2.05) is 6.07 Å². The molecule has 4 nitrogen and oxygen atoms in total. The Kier molecular flexibility index (Phi) is 3.48. The number of carbonyl (C=O) groups excluding carboxylic acids is 1. The fourth-order valence-electron chi connectivity index (χ4n) is 1.64. The molecular weight excluding hydrogens is 228 g/mol. The van der Waals surface area contributed by atoms with Crippen LogP contribution in [0.5, 0.6) is 0 Å². The molecule has 0 radical (unpaired) electrons. The van der Waals surface area contributed by atoms with Gasteiger partial charge in [-0.25, -0.2) is 4.79 Å². The van der Waals surface area contributed by atoms with E-state index in [4.69, 9.17) is 16.2 Å². The van der Waals surface area contributed by atoms with Crippen molar-refractivity contribution in [2.24, 2.45) is 0 Å². The Morgan fingerprint density at radius 2 is 1.61 bits per heavy atom. The van der Waals surface area contributed by atoms with Crippen LogP contribution in [0.2, 0.25) is 0 Å². The third-order valence-corrected chi connectivity index (χ3v) is 2.42. The summed E-state index contributed by atoms with van der Waals surface area (Å²) in [5, 5.41) is 0. The Morgan fingerprint density at radius 3 is 2.22 bits per heavy atom. The van der Waals surface area contributed by atoms with E-state index in [2.05, 4.69) is 0 Å². The highest BCUT2D eigenvalue weighted by molar-refractivity contribution is 5.89. The number of rotatable bonds is 3. The molecule has 0 aliphatic rings. The van der Waals surface area contributed by atoms with Crippen molar-refractivity contribution in [1.29, 1.82) is 0 Å². The molecule has 0 bridgehead atoms. The maximum Gasteiger partial charge on any atom is 0.338 e. The molecule has 0 aromatic heterocycles. The van der Waals surface area contributed by atoms with Crippen LogP contribution in [0.3, 0.4) is 0 Å². The van der Waals surface area contributed by atoms with Crippen molar-refractivity contribution in [2.45, 2.75) is 6.61 Å². The number of carbonyl (C=O) groups is 1. The Balaban J connectivity index is 2.02. The van der Waals surface area contributed by atoms with Crippen LogP contribution in [-0.4, -0.2) is 5.97 Å². The molecule has 0 fully saturated rings. The molecule has 4 heteroatoms. The van der Waals surface area contributed by atoms with E-state index in [1.54, 1.807) is 42.5 Å². The molecular formula is C14H14N2O2. The summed E-state index contributed by atoms with van der Waals surface area (Å²) in [5.74, 6) is -0.364. The normalized spacial score (nSPS) is 10.0. The third-order valence-electron chi connectivity index (χ3n) is 2.42. The average Bonchev–Trinajstić information content (AvgIpc) is 2.36. The predicted octanol–water partition coefficient (Wildman–Crippen LogP) is 2.21. The summed E-state index contributed by atoms with van der Waals surface area (Å²) in [4.78, 5) is 11.7. The largest absolute Gasteiger partial charge is 0.457 e. The molecule has 0 spiro atoms. The molecule has 2 aromatic carbocycles. The van der Waals surface area contributed by atoms with Crippen LogP contribution in [0.15, 0.2) is 48.5 Å². The van der Waals surface area contributed by atoms with E-state index < -0.39 is 0 Å². The van der Waals surface area contributed by atoms with Crippen LogP contribution >= 0.6 is 0 Å². The number of benzene rings is 2. The zero-order valence-electron chi connectivity index (χ0n) is 9.80. The van der Waals surface area contributed by atoms with E-state index in [9.17, 15) is 4.79 Å². The molecule has 18 heavy (non-hydrogen) atoms. The number of hydrogen-bond donors (Lipinski definition) is 2. The zero-order valence-corrected chi connectivity index (χ0v) is 9.80. The SMILES string of the molecule is Nc1cc(N)cc(COC(=O)c2ccccc2)c1. The lowest BCUT2D eigenvalue weighted by molar-refractivity contribution is 0.0473. The van der Waals surface area contributed by atoms with Gasteiger partial charge >= 0.3 is 5.97 Å². The molecule has 0 amide bonds. The van der Waals surface area contributed by atoms with Gasteiger partial charge in [0.1, 0.15) is 6.61 Å². The Bertz CT molecular complexity index is 533. The minimum atomic E-state index is -0.364. The molecule has 0 saturated carbocycles. The van der Waals surface area contributed by atoms with Crippen LogP contribution in [-0.2, 0) is 11.3 Å². The molecule has 0 atom stereocenters. The molecule has 2 aromatic rings. The first kappa shape index (κ1) is 12.0. The van der Waals surface area contributed by atoms with Crippen LogP contribution in [0.25, 0.3) is 0 Å². The number of anilines is 2. The highest BCUT2D eigenvalue weighted by Crippen LogP contribution is 2.15. The van der Waals surface area contributed by atoms with Gasteiger partial charge in [0.25, 0.3) is 0 Å². The lowest BCUT2D eigenvalue weighted by Crippen LogP contribution is -2.05. The first-order chi connectivity index (χ1) is 8.65. The molecule has 92 valence electrons. The van der Waals surface area contributed by atoms with Crippen LogP contribution in [0, 0.1) is 0 Å². The van der Waals surface area contributed by atoms with Gasteiger partial charge in [0.15, 0.2) is 0 Å². The Labute approximate surface area is 105 Å². The topological polar surface area (TPSA) is 78.3 Å². The highest BCUT2D eigenvalue weighted by atomic mass is 16.5. The summed E-state index contributed by atoms with van der Waals surface area (Å²) in [6.45, 7) is 0.156. The lowest BCUT2D eigenvalue weighted by Gasteiger charge is -2.06. The number of ether oxygens (including phenoxy) is 1. The van der Waals surface area contributed by atoms with Crippen LogP contribution < -0.4 is 11.5 Å². The Morgan fingerprint density at radius 1 is 1.00 bits per heavy atom. The van der Waals surface area contributed by atoms with Gasteiger partial charge in [0.05, 0.1) is 5.56 Å². The summed E-state index contributed by atoms with van der Waals surface area (Å²) in [5.41, 5.74) is 13.7. The highest BCUT2D eigenvalue weighted by Gasteiger charge is 2.06. The molecule has 2 rings (SSSR count). The maximum atomic E-state index is 11.7. The van der Waals surface area contributed by atoms with Crippen molar-refractivity contribution >= 4 is 17.3 Å². The van der Waals surface area contributed by atoms with E-state index in [1.165, 1.54) is 0 Å². The minimum Gasteiger partial charge on any atom is -0.457 e. The Hall–Kier alpha value is -2.49. The minimum absolute atomic E-state index is 0.156. The van der Waals surface area contributed by atoms with Crippen molar-refractivity contribution in [3.8, 4) is 0 Å². The fraction of sp³-hybridized carbons (Fsp3) is 0.0714. The predicted molar refractivity (Wildman–Crippen MR) is 70.8 cm³/mol. The fourth-order valence-corrected chi connectivity index (χ4v) is 1.64. The van der Waals surface area contributed by atoms with Gasteiger partial charge in [0, 0.05) is 11.4 Å². The lowest BCUT2D eigenvalue weighted by atomic mass is 10.2. The van der Waals surface area contributed by atoms with Gasteiger partial charge < -0.3 is 16.2 Å².